The number of amides is 1. The lowest BCUT2D eigenvalue weighted by atomic mass is 10.1. The third-order valence-electron chi connectivity index (χ3n) is 3.44. The van der Waals surface area contributed by atoms with Crippen LogP contribution < -0.4 is 5.73 Å². The first kappa shape index (κ1) is 14.1. The minimum Gasteiger partial charge on any atom is -0.339 e. The van der Waals surface area contributed by atoms with Crippen molar-refractivity contribution < 1.29 is 4.79 Å². The van der Waals surface area contributed by atoms with Crippen LogP contribution in [-0.2, 0) is 11.8 Å². The van der Waals surface area contributed by atoms with E-state index in [0.717, 1.165) is 37.2 Å². The summed E-state index contributed by atoms with van der Waals surface area (Å²) in [5.41, 5.74) is 7.43. The van der Waals surface area contributed by atoms with Crippen molar-refractivity contribution in [3.63, 3.8) is 0 Å². The maximum Gasteiger partial charge on any atom is 0.246 e. The van der Waals surface area contributed by atoms with Gasteiger partial charge >= 0.3 is 0 Å². The summed E-state index contributed by atoms with van der Waals surface area (Å²) in [6.45, 7) is 3.32. The fourth-order valence-electron chi connectivity index (χ4n) is 2.22. The zero-order valence-electron chi connectivity index (χ0n) is 11.3. The van der Waals surface area contributed by atoms with Gasteiger partial charge in [-0.3, -0.25) is 9.48 Å². The van der Waals surface area contributed by atoms with Crippen LogP contribution >= 0.6 is 11.6 Å². The molecule has 0 bridgehead atoms. The molecule has 1 aliphatic rings. The number of nitrogens with two attached hydrogens (primary N) is 1. The van der Waals surface area contributed by atoms with Crippen molar-refractivity contribution in [3.05, 3.63) is 22.5 Å². The van der Waals surface area contributed by atoms with Crippen molar-refractivity contribution >= 4 is 23.6 Å². The van der Waals surface area contributed by atoms with E-state index in [4.69, 9.17) is 17.3 Å². The zero-order valence-corrected chi connectivity index (χ0v) is 12.0. The number of aryl methyl sites for hydroxylation is 2. The molecule has 6 heteroatoms. The number of rotatable bonds is 2. The van der Waals surface area contributed by atoms with Crippen molar-refractivity contribution in [2.24, 2.45) is 12.8 Å². The number of carbonyl (C=O) groups is 1. The predicted octanol–water partition coefficient (Wildman–Crippen LogP) is 1.34. The van der Waals surface area contributed by atoms with E-state index in [2.05, 4.69) is 5.10 Å². The number of nitrogens with zero attached hydrogens (tertiary/aromatic N) is 3. The maximum atomic E-state index is 12.0. The van der Waals surface area contributed by atoms with Crippen LogP contribution in [0.15, 0.2) is 6.08 Å². The van der Waals surface area contributed by atoms with Gasteiger partial charge in [0, 0.05) is 37.8 Å². The third-order valence-corrected chi connectivity index (χ3v) is 3.89. The molecule has 0 radical (unpaired) electrons. The highest BCUT2D eigenvalue weighted by Crippen LogP contribution is 2.20. The van der Waals surface area contributed by atoms with Crippen molar-refractivity contribution in [2.45, 2.75) is 25.8 Å². The third kappa shape index (κ3) is 3.16. The second kappa shape index (κ2) is 5.75. The van der Waals surface area contributed by atoms with E-state index in [1.54, 1.807) is 23.9 Å². The quantitative estimate of drug-likeness (QED) is 0.833. The van der Waals surface area contributed by atoms with Gasteiger partial charge < -0.3 is 10.6 Å². The van der Waals surface area contributed by atoms with Crippen LogP contribution in [0, 0.1) is 6.92 Å². The lowest BCUT2D eigenvalue weighted by Gasteiger charge is -2.29. The van der Waals surface area contributed by atoms with Crippen molar-refractivity contribution in [3.8, 4) is 0 Å². The topological polar surface area (TPSA) is 64.2 Å². The molecule has 1 aromatic rings. The van der Waals surface area contributed by atoms with E-state index < -0.39 is 0 Å². The van der Waals surface area contributed by atoms with Crippen LogP contribution in [-0.4, -0.2) is 39.7 Å². The van der Waals surface area contributed by atoms with Gasteiger partial charge in [0.2, 0.25) is 5.91 Å². The Bertz CT molecular complexity index is 501. The van der Waals surface area contributed by atoms with Crippen molar-refractivity contribution in [1.29, 1.82) is 0 Å². The van der Waals surface area contributed by atoms with Gasteiger partial charge in [-0.1, -0.05) is 11.6 Å². The highest BCUT2D eigenvalue weighted by molar-refractivity contribution is 6.31. The molecule has 104 valence electrons. The van der Waals surface area contributed by atoms with Gasteiger partial charge in [0.05, 0.1) is 5.69 Å². The molecular formula is C13H19ClN4O. The average molecular weight is 283 g/mol. The van der Waals surface area contributed by atoms with E-state index in [9.17, 15) is 4.79 Å². The fourth-order valence-corrected chi connectivity index (χ4v) is 2.45. The monoisotopic (exact) mass is 282 g/mol. The average Bonchev–Trinajstić information content (AvgIpc) is 2.62. The fraction of sp³-hybridized carbons (Fsp3) is 0.538. The van der Waals surface area contributed by atoms with Crippen LogP contribution in [0.5, 0.6) is 0 Å². The Morgan fingerprint density at radius 3 is 2.63 bits per heavy atom. The minimum atomic E-state index is 0.00576. The Morgan fingerprint density at radius 1 is 1.47 bits per heavy atom. The van der Waals surface area contributed by atoms with E-state index in [1.165, 1.54) is 0 Å². The SMILES string of the molecule is Cc1nn(C)c(Cl)c1C=CC(=O)N1CCC(N)CC1. The second-order valence-corrected chi connectivity index (χ2v) is 5.27. The summed E-state index contributed by atoms with van der Waals surface area (Å²) in [6.07, 6.45) is 5.03. The van der Waals surface area contributed by atoms with Gasteiger partial charge in [-0.05, 0) is 25.8 Å². The summed E-state index contributed by atoms with van der Waals surface area (Å²) in [6, 6.07) is 0.225. The molecule has 5 nitrogen and oxygen atoms in total. The van der Waals surface area contributed by atoms with Crippen molar-refractivity contribution in [2.75, 3.05) is 13.1 Å². The molecule has 0 aliphatic carbocycles. The molecule has 2 N–H and O–H groups in total. The van der Waals surface area contributed by atoms with Crippen LogP contribution in [0.4, 0.5) is 0 Å². The minimum absolute atomic E-state index is 0.00576. The van der Waals surface area contributed by atoms with Crippen LogP contribution in [0.25, 0.3) is 6.08 Å². The molecule has 1 amide bonds. The summed E-state index contributed by atoms with van der Waals surface area (Å²) in [5.74, 6) is 0.00576. The van der Waals surface area contributed by atoms with E-state index in [0.29, 0.717) is 5.15 Å². The lowest BCUT2D eigenvalue weighted by Crippen LogP contribution is -2.42. The molecule has 1 saturated heterocycles. The van der Waals surface area contributed by atoms with Gasteiger partial charge in [0.15, 0.2) is 0 Å². The molecule has 0 spiro atoms. The lowest BCUT2D eigenvalue weighted by molar-refractivity contribution is -0.126. The van der Waals surface area contributed by atoms with E-state index >= 15 is 0 Å². The first-order valence-corrected chi connectivity index (χ1v) is 6.78. The van der Waals surface area contributed by atoms with Gasteiger partial charge in [0.1, 0.15) is 5.15 Å². The summed E-state index contributed by atoms with van der Waals surface area (Å²) < 4.78 is 1.60. The molecule has 2 heterocycles. The number of hydrogen-bond donors (Lipinski definition) is 1. The van der Waals surface area contributed by atoms with Crippen LogP contribution in [0.3, 0.4) is 0 Å². The largest absolute Gasteiger partial charge is 0.339 e. The summed E-state index contributed by atoms with van der Waals surface area (Å²) in [4.78, 5) is 13.9. The molecule has 1 fully saturated rings. The standard InChI is InChI=1S/C13H19ClN4O/c1-9-11(13(14)17(2)16-9)3-4-12(19)18-7-5-10(15)6-8-18/h3-4,10H,5-8,15H2,1-2H3. The molecule has 0 atom stereocenters. The van der Waals surface area contributed by atoms with Gasteiger partial charge in [0.25, 0.3) is 0 Å². The molecule has 1 aliphatic heterocycles. The molecular weight excluding hydrogens is 264 g/mol. The van der Waals surface area contributed by atoms with Crippen molar-refractivity contribution in [1.82, 2.24) is 14.7 Å². The zero-order chi connectivity index (χ0) is 14.0. The predicted molar refractivity (Wildman–Crippen MR) is 75.8 cm³/mol. The number of aromatic nitrogens is 2. The number of piperidine rings is 1. The van der Waals surface area contributed by atoms with Crippen LogP contribution in [0.2, 0.25) is 5.15 Å². The summed E-state index contributed by atoms with van der Waals surface area (Å²) in [7, 11) is 1.78. The van der Waals surface area contributed by atoms with E-state index in [-0.39, 0.29) is 11.9 Å². The first-order chi connectivity index (χ1) is 8.99. The number of hydrogen-bond acceptors (Lipinski definition) is 3. The Hall–Kier alpha value is -1.33. The van der Waals surface area contributed by atoms with E-state index in [1.807, 2.05) is 11.8 Å². The maximum absolute atomic E-state index is 12.0. The molecule has 1 aromatic heterocycles. The highest BCUT2D eigenvalue weighted by atomic mass is 35.5. The number of likely N-dealkylation sites (tertiary alicyclic amines) is 1. The number of halogens is 1. The first-order valence-electron chi connectivity index (χ1n) is 6.40. The Morgan fingerprint density at radius 2 is 2.11 bits per heavy atom. The molecule has 0 aromatic carbocycles. The Labute approximate surface area is 118 Å². The number of carbonyl (C=O) groups excluding carboxylic acids is 1. The smallest absolute Gasteiger partial charge is 0.246 e. The Balaban J connectivity index is 2.04. The highest BCUT2D eigenvalue weighted by Gasteiger charge is 2.19. The normalized spacial score (nSPS) is 17.4. The molecule has 0 unspecified atom stereocenters. The van der Waals surface area contributed by atoms with Gasteiger partial charge in [-0.25, -0.2) is 0 Å². The molecule has 19 heavy (non-hydrogen) atoms. The van der Waals surface area contributed by atoms with Crippen LogP contribution in [0.1, 0.15) is 24.1 Å². The van der Waals surface area contributed by atoms with Gasteiger partial charge in [-0.15, -0.1) is 0 Å². The summed E-state index contributed by atoms with van der Waals surface area (Å²) >= 11 is 6.11. The molecule has 2 rings (SSSR count). The summed E-state index contributed by atoms with van der Waals surface area (Å²) in [5, 5.41) is 4.75. The Kier molecular flexibility index (Phi) is 4.27. The molecule has 0 saturated carbocycles. The second-order valence-electron chi connectivity index (χ2n) is 4.91. The van der Waals surface area contributed by atoms with Gasteiger partial charge in [-0.2, -0.15) is 5.10 Å².